The SMILES string of the molecule is CC[C@@H](/C=N\NC(N)=O)NC(=O)[C@@H]1Cc2cccc3c2N1C(=O)[C@@H](NC(=O)[C@H](CC)NC(C)=O)CC3. The van der Waals surface area contributed by atoms with Crippen LogP contribution in [-0.4, -0.2) is 60.0 Å². The Hall–Kier alpha value is -3.96. The predicted molar refractivity (Wildman–Crippen MR) is 133 cm³/mol. The molecule has 36 heavy (non-hydrogen) atoms. The molecule has 0 aliphatic carbocycles. The van der Waals surface area contributed by atoms with E-state index in [1.165, 1.54) is 18.0 Å². The van der Waals surface area contributed by atoms with Crippen LogP contribution in [0.4, 0.5) is 10.5 Å². The number of benzene rings is 1. The third-order valence-corrected chi connectivity index (χ3v) is 6.32. The van der Waals surface area contributed by atoms with Crippen LogP contribution >= 0.6 is 0 Å². The van der Waals surface area contributed by atoms with Crippen LogP contribution in [0.3, 0.4) is 0 Å². The summed E-state index contributed by atoms with van der Waals surface area (Å²) in [4.78, 5) is 63.7. The van der Waals surface area contributed by atoms with Crippen LogP contribution in [0, 0.1) is 0 Å². The van der Waals surface area contributed by atoms with E-state index in [4.69, 9.17) is 5.73 Å². The van der Waals surface area contributed by atoms with Crippen molar-refractivity contribution in [1.29, 1.82) is 0 Å². The van der Waals surface area contributed by atoms with E-state index in [0.717, 1.165) is 11.1 Å². The third kappa shape index (κ3) is 5.99. The average molecular weight is 500 g/mol. The molecule has 194 valence electrons. The zero-order valence-electron chi connectivity index (χ0n) is 20.7. The van der Waals surface area contributed by atoms with Gasteiger partial charge in [0.25, 0.3) is 0 Å². The Bertz CT molecular complexity index is 1070. The summed E-state index contributed by atoms with van der Waals surface area (Å²) in [5.41, 5.74) is 9.63. The molecule has 0 unspecified atom stereocenters. The van der Waals surface area contributed by atoms with Crippen molar-refractivity contribution in [1.82, 2.24) is 21.4 Å². The first-order chi connectivity index (χ1) is 17.2. The lowest BCUT2D eigenvalue weighted by atomic mass is 10.0. The number of para-hydroxylation sites is 1. The van der Waals surface area contributed by atoms with Crippen molar-refractivity contribution in [2.24, 2.45) is 10.8 Å². The number of nitrogens with two attached hydrogens (primary N) is 1. The molecule has 0 fully saturated rings. The van der Waals surface area contributed by atoms with Crippen molar-refractivity contribution < 1.29 is 24.0 Å². The van der Waals surface area contributed by atoms with Gasteiger partial charge in [0, 0.05) is 19.6 Å². The van der Waals surface area contributed by atoms with E-state index < -0.39 is 36.1 Å². The maximum Gasteiger partial charge on any atom is 0.332 e. The molecule has 4 atom stereocenters. The van der Waals surface area contributed by atoms with E-state index in [-0.39, 0.29) is 17.7 Å². The molecule has 0 radical (unpaired) electrons. The predicted octanol–water partition coefficient (Wildman–Crippen LogP) is -0.161. The number of primary amides is 1. The normalized spacial score (nSPS) is 20.2. The molecule has 1 aromatic rings. The summed E-state index contributed by atoms with van der Waals surface area (Å²) in [5, 5.41) is 12.0. The molecule has 6 N–H and O–H groups in total. The highest BCUT2D eigenvalue weighted by Gasteiger charge is 2.44. The van der Waals surface area contributed by atoms with Crippen molar-refractivity contribution in [2.45, 2.75) is 77.0 Å². The molecule has 12 nitrogen and oxygen atoms in total. The van der Waals surface area contributed by atoms with Gasteiger partial charge in [-0.1, -0.05) is 32.0 Å². The topological polar surface area (TPSA) is 175 Å². The molecule has 1 aromatic carbocycles. The van der Waals surface area contributed by atoms with Crippen LogP contribution in [0.2, 0.25) is 0 Å². The Morgan fingerprint density at radius 3 is 2.53 bits per heavy atom. The van der Waals surface area contributed by atoms with Gasteiger partial charge in [0.05, 0.1) is 11.7 Å². The number of hydrazone groups is 1. The molecule has 0 aromatic heterocycles. The monoisotopic (exact) mass is 499 g/mol. The van der Waals surface area contributed by atoms with Gasteiger partial charge in [-0.3, -0.25) is 24.1 Å². The fourth-order valence-corrected chi connectivity index (χ4v) is 4.56. The lowest BCUT2D eigenvalue weighted by Crippen LogP contribution is -2.57. The number of carbonyl (C=O) groups excluding carboxylic acids is 5. The zero-order valence-corrected chi connectivity index (χ0v) is 20.7. The highest BCUT2D eigenvalue weighted by molar-refractivity contribution is 6.08. The van der Waals surface area contributed by atoms with Gasteiger partial charge in [-0.2, -0.15) is 5.10 Å². The lowest BCUT2D eigenvalue weighted by Gasteiger charge is -2.29. The average Bonchev–Trinajstić information content (AvgIpc) is 3.17. The van der Waals surface area contributed by atoms with Crippen LogP contribution in [0.15, 0.2) is 23.3 Å². The Labute approximate surface area is 209 Å². The Morgan fingerprint density at radius 1 is 1.17 bits per heavy atom. The van der Waals surface area contributed by atoms with E-state index >= 15 is 0 Å². The zero-order chi connectivity index (χ0) is 26.4. The van der Waals surface area contributed by atoms with Crippen LogP contribution in [-0.2, 0) is 32.0 Å². The van der Waals surface area contributed by atoms with Gasteiger partial charge in [0.1, 0.15) is 18.1 Å². The van der Waals surface area contributed by atoms with Crippen molar-refractivity contribution in [3.05, 3.63) is 29.3 Å². The maximum atomic E-state index is 13.7. The fraction of sp³-hybridized carbons (Fsp3) is 0.500. The number of nitrogens with one attached hydrogen (secondary N) is 4. The van der Waals surface area contributed by atoms with Gasteiger partial charge in [-0.05, 0) is 36.8 Å². The number of hydrogen-bond donors (Lipinski definition) is 5. The van der Waals surface area contributed by atoms with Crippen LogP contribution < -0.4 is 32.0 Å². The summed E-state index contributed by atoms with van der Waals surface area (Å²) in [6, 6.07) is 1.99. The summed E-state index contributed by atoms with van der Waals surface area (Å²) in [6.45, 7) is 4.94. The quantitative estimate of drug-likeness (QED) is 0.234. The van der Waals surface area contributed by atoms with Crippen LogP contribution in [0.1, 0.15) is 51.2 Å². The van der Waals surface area contributed by atoms with Gasteiger partial charge in [-0.15, -0.1) is 0 Å². The highest BCUT2D eigenvalue weighted by atomic mass is 16.2. The van der Waals surface area contributed by atoms with Crippen molar-refractivity contribution in [2.75, 3.05) is 4.90 Å². The van der Waals surface area contributed by atoms with Crippen LogP contribution in [0.25, 0.3) is 0 Å². The summed E-state index contributed by atoms with van der Waals surface area (Å²) >= 11 is 0. The standard InChI is InChI=1S/C24H33N7O5/c1-4-16(12-26-30-24(25)36)28-22(34)19-11-15-8-6-7-14-9-10-18(23(35)31(19)20(14)15)29-21(33)17(5-2)27-13(3)32/h6-8,12,16-19H,4-5,9-11H2,1-3H3,(H,27,32)(H,28,34)(H,29,33)(H3,25,30,36)/b26-12-/t16-,17-,18-,19-/m0/s1. The van der Waals surface area contributed by atoms with E-state index in [2.05, 4.69) is 26.5 Å². The second-order valence-electron chi connectivity index (χ2n) is 8.89. The van der Waals surface area contributed by atoms with Gasteiger partial charge in [0.2, 0.25) is 23.6 Å². The summed E-state index contributed by atoms with van der Waals surface area (Å²) in [5.74, 6) is -1.53. The van der Waals surface area contributed by atoms with Crippen LogP contribution in [0.5, 0.6) is 0 Å². The molecule has 2 heterocycles. The number of hydrogen-bond acceptors (Lipinski definition) is 6. The molecule has 0 saturated heterocycles. The molecule has 0 bridgehead atoms. The van der Waals surface area contributed by atoms with Crippen molar-refractivity contribution in [3.8, 4) is 0 Å². The van der Waals surface area contributed by atoms with Gasteiger partial charge in [-0.25, -0.2) is 10.2 Å². The molecule has 2 aliphatic heterocycles. The minimum absolute atomic E-state index is 0.331. The first-order valence-corrected chi connectivity index (χ1v) is 12.1. The Kier molecular flexibility index (Phi) is 8.62. The molecule has 0 spiro atoms. The van der Waals surface area contributed by atoms with Gasteiger partial charge >= 0.3 is 6.03 Å². The van der Waals surface area contributed by atoms with Crippen molar-refractivity contribution in [3.63, 3.8) is 0 Å². The summed E-state index contributed by atoms with van der Waals surface area (Å²) < 4.78 is 0. The Balaban J connectivity index is 1.83. The lowest BCUT2D eigenvalue weighted by molar-refractivity contribution is -0.131. The molecule has 6 amide bonds. The summed E-state index contributed by atoms with van der Waals surface area (Å²) in [7, 11) is 0. The van der Waals surface area contributed by atoms with E-state index in [9.17, 15) is 24.0 Å². The minimum atomic E-state index is -0.850. The molecule has 0 saturated carbocycles. The first kappa shape index (κ1) is 26.6. The fourth-order valence-electron chi connectivity index (χ4n) is 4.56. The number of rotatable bonds is 9. The van der Waals surface area contributed by atoms with Crippen molar-refractivity contribution >= 4 is 41.6 Å². The van der Waals surface area contributed by atoms with E-state index in [1.807, 2.05) is 25.1 Å². The first-order valence-electron chi connectivity index (χ1n) is 12.1. The molecule has 12 heteroatoms. The number of amides is 6. The second-order valence-corrected chi connectivity index (χ2v) is 8.89. The molecule has 2 aliphatic rings. The smallest absolute Gasteiger partial charge is 0.332 e. The van der Waals surface area contributed by atoms with Gasteiger partial charge < -0.3 is 21.7 Å². The number of anilines is 1. The second kappa shape index (κ2) is 11.6. The van der Waals surface area contributed by atoms with Gasteiger partial charge in [0.15, 0.2) is 0 Å². The number of nitrogens with zero attached hydrogens (tertiary/aromatic N) is 2. The minimum Gasteiger partial charge on any atom is -0.350 e. The van der Waals surface area contributed by atoms with E-state index in [1.54, 1.807) is 6.92 Å². The molecular formula is C24H33N7O5. The molecular weight excluding hydrogens is 466 g/mol. The Morgan fingerprint density at radius 2 is 1.89 bits per heavy atom. The largest absolute Gasteiger partial charge is 0.350 e. The van der Waals surface area contributed by atoms with E-state index in [0.29, 0.717) is 37.8 Å². The molecule has 3 rings (SSSR count). The number of urea groups is 1. The maximum absolute atomic E-state index is 13.7. The highest BCUT2D eigenvalue weighted by Crippen LogP contribution is 2.39. The summed E-state index contributed by atoms with van der Waals surface area (Å²) in [6.07, 6.45) is 3.48. The number of carbonyl (C=O) groups is 5. The number of aryl methyl sites for hydroxylation is 1. The third-order valence-electron chi connectivity index (χ3n) is 6.32.